The molecule has 1 heterocycles. The highest BCUT2D eigenvalue weighted by molar-refractivity contribution is 7.99. The summed E-state index contributed by atoms with van der Waals surface area (Å²) in [5.41, 5.74) is 3.31. The molecule has 0 atom stereocenters. The van der Waals surface area contributed by atoms with Crippen molar-refractivity contribution in [2.75, 3.05) is 7.11 Å². The molecule has 0 unspecified atom stereocenters. The maximum Gasteiger partial charge on any atom is 0.196 e. The molecule has 0 saturated carbocycles. The minimum absolute atomic E-state index is 0.433. The van der Waals surface area contributed by atoms with Crippen molar-refractivity contribution >= 4 is 11.8 Å². The molecule has 0 N–H and O–H groups in total. The van der Waals surface area contributed by atoms with Crippen LogP contribution in [0.15, 0.2) is 53.7 Å². The predicted molar refractivity (Wildman–Crippen MR) is 99.1 cm³/mol. The van der Waals surface area contributed by atoms with Crippen molar-refractivity contribution in [2.24, 2.45) is 0 Å². The van der Waals surface area contributed by atoms with Crippen molar-refractivity contribution in [3.8, 4) is 22.8 Å². The first-order valence-corrected chi connectivity index (χ1v) is 8.80. The molecular weight excluding hydrogens is 318 g/mol. The van der Waals surface area contributed by atoms with Crippen molar-refractivity contribution in [2.45, 2.75) is 31.2 Å². The Hall–Kier alpha value is -2.27. The molecule has 2 aromatic carbocycles. The average Bonchev–Trinajstić information content (AvgIpc) is 2.98. The molecule has 3 rings (SSSR count). The highest BCUT2D eigenvalue weighted by Gasteiger charge is 2.17. The summed E-state index contributed by atoms with van der Waals surface area (Å²) in [7, 11) is 1.67. The molecule has 24 heavy (non-hydrogen) atoms. The van der Waals surface area contributed by atoms with Crippen LogP contribution in [0.5, 0.6) is 5.75 Å². The lowest BCUT2D eigenvalue weighted by atomic mass is 10.2. The molecule has 1 aromatic heterocycles. The summed E-state index contributed by atoms with van der Waals surface area (Å²) in [5.74, 6) is 1.67. The number of hydrogen-bond acceptors (Lipinski definition) is 4. The molecule has 0 fully saturated rings. The van der Waals surface area contributed by atoms with Gasteiger partial charge in [0, 0.05) is 16.5 Å². The monoisotopic (exact) mass is 339 g/mol. The minimum Gasteiger partial charge on any atom is -0.497 e. The molecule has 0 amide bonds. The maximum absolute atomic E-state index is 5.24. The van der Waals surface area contributed by atoms with E-state index in [1.165, 1.54) is 5.56 Å². The van der Waals surface area contributed by atoms with Crippen LogP contribution in [-0.4, -0.2) is 27.1 Å². The highest BCUT2D eigenvalue weighted by atomic mass is 32.2. The number of nitrogens with zero attached hydrogens (tertiary/aromatic N) is 3. The third-order valence-corrected chi connectivity index (χ3v) is 4.56. The van der Waals surface area contributed by atoms with Crippen LogP contribution in [0.1, 0.15) is 19.4 Å². The van der Waals surface area contributed by atoms with Gasteiger partial charge in [0.25, 0.3) is 0 Å². The van der Waals surface area contributed by atoms with E-state index in [0.717, 1.165) is 28.0 Å². The number of methoxy groups -OCH3 is 1. The second-order valence-corrected chi connectivity index (χ2v) is 7.42. The number of benzene rings is 2. The Kier molecular flexibility index (Phi) is 4.90. The number of thioether (sulfide) groups is 1. The Morgan fingerprint density at radius 3 is 2.21 bits per heavy atom. The number of aryl methyl sites for hydroxylation is 1. The topological polar surface area (TPSA) is 39.9 Å². The van der Waals surface area contributed by atoms with Crippen LogP contribution in [-0.2, 0) is 0 Å². The summed E-state index contributed by atoms with van der Waals surface area (Å²) in [5, 5.41) is 10.2. The maximum atomic E-state index is 5.24. The van der Waals surface area contributed by atoms with Gasteiger partial charge in [-0.05, 0) is 43.3 Å². The molecule has 0 saturated heterocycles. The Morgan fingerprint density at radius 2 is 1.62 bits per heavy atom. The zero-order chi connectivity index (χ0) is 17.1. The van der Waals surface area contributed by atoms with E-state index >= 15 is 0 Å². The first-order chi connectivity index (χ1) is 11.6. The van der Waals surface area contributed by atoms with Crippen molar-refractivity contribution in [3.05, 3.63) is 54.1 Å². The first-order valence-electron chi connectivity index (χ1n) is 7.92. The summed E-state index contributed by atoms with van der Waals surface area (Å²) in [6, 6.07) is 16.3. The number of aromatic nitrogens is 3. The van der Waals surface area contributed by atoms with E-state index in [4.69, 9.17) is 4.74 Å². The molecule has 0 aliphatic carbocycles. The SMILES string of the molecule is COc1ccc(-c2nnc(SC(C)C)n2-c2ccc(C)cc2)cc1. The summed E-state index contributed by atoms with van der Waals surface area (Å²) < 4.78 is 7.36. The fourth-order valence-corrected chi connectivity index (χ4v) is 3.22. The van der Waals surface area contributed by atoms with Crippen LogP contribution in [0.4, 0.5) is 0 Å². The predicted octanol–water partition coefficient (Wildman–Crippen LogP) is 4.75. The van der Waals surface area contributed by atoms with Crippen LogP contribution >= 0.6 is 11.8 Å². The third-order valence-electron chi connectivity index (χ3n) is 3.61. The quantitative estimate of drug-likeness (QED) is 0.629. The smallest absolute Gasteiger partial charge is 0.196 e. The number of ether oxygens (including phenoxy) is 1. The van der Waals surface area contributed by atoms with Gasteiger partial charge in [0.05, 0.1) is 7.11 Å². The van der Waals surface area contributed by atoms with Gasteiger partial charge in [-0.3, -0.25) is 4.57 Å². The van der Waals surface area contributed by atoms with Gasteiger partial charge < -0.3 is 4.74 Å². The summed E-state index contributed by atoms with van der Waals surface area (Å²) >= 11 is 1.71. The van der Waals surface area contributed by atoms with Gasteiger partial charge in [-0.1, -0.05) is 43.3 Å². The fourth-order valence-electron chi connectivity index (χ4n) is 2.41. The van der Waals surface area contributed by atoms with Crippen LogP contribution in [0.25, 0.3) is 17.1 Å². The molecule has 3 aromatic rings. The summed E-state index contributed by atoms with van der Waals surface area (Å²) in [6.07, 6.45) is 0. The fraction of sp³-hybridized carbons (Fsp3) is 0.263. The van der Waals surface area contributed by atoms with E-state index in [1.807, 2.05) is 24.3 Å². The molecule has 5 heteroatoms. The second-order valence-electron chi connectivity index (χ2n) is 5.87. The molecule has 4 nitrogen and oxygen atoms in total. The van der Waals surface area contributed by atoms with E-state index in [-0.39, 0.29) is 0 Å². The molecule has 0 aliphatic rings. The van der Waals surface area contributed by atoms with Crippen LogP contribution in [0, 0.1) is 6.92 Å². The van der Waals surface area contributed by atoms with Gasteiger partial charge in [0.2, 0.25) is 0 Å². The van der Waals surface area contributed by atoms with Crippen molar-refractivity contribution < 1.29 is 4.74 Å². The summed E-state index contributed by atoms with van der Waals surface area (Å²) in [6.45, 7) is 6.40. The Bertz CT molecular complexity index is 808. The number of hydrogen-bond donors (Lipinski definition) is 0. The zero-order valence-electron chi connectivity index (χ0n) is 14.4. The lowest BCUT2D eigenvalue weighted by molar-refractivity contribution is 0.415. The Labute approximate surface area is 146 Å². The van der Waals surface area contributed by atoms with Crippen LogP contribution < -0.4 is 4.74 Å². The van der Waals surface area contributed by atoms with Gasteiger partial charge in [-0.2, -0.15) is 0 Å². The third kappa shape index (κ3) is 3.46. The largest absolute Gasteiger partial charge is 0.497 e. The van der Waals surface area contributed by atoms with E-state index in [2.05, 4.69) is 59.8 Å². The van der Waals surface area contributed by atoms with Crippen molar-refractivity contribution in [1.29, 1.82) is 0 Å². The van der Waals surface area contributed by atoms with E-state index in [9.17, 15) is 0 Å². The normalized spacial score (nSPS) is 11.0. The van der Waals surface area contributed by atoms with Gasteiger partial charge >= 0.3 is 0 Å². The number of rotatable bonds is 5. The van der Waals surface area contributed by atoms with Crippen LogP contribution in [0.2, 0.25) is 0 Å². The molecule has 0 bridgehead atoms. The zero-order valence-corrected chi connectivity index (χ0v) is 15.2. The minimum atomic E-state index is 0.433. The van der Waals surface area contributed by atoms with Crippen LogP contribution in [0.3, 0.4) is 0 Å². The lowest BCUT2D eigenvalue weighted by Crippen LogP contribution is -2.01. The van der Waals surface area contributed by atoms with Gasteiger partial charge in [0.15, 0.2) is 11.0 Å². The van der Waals surface area contributed by atoms with E-state index in [1.54, 1.807) is 18.9 Å². The van der Waals surface area contributed by atoms with Crippen molar-refractivity contribution in [1.82, 2.24) is 14.8 Å². The Balaban J connectivity index is 2.11. The molecule has 0 spiro atoms. The van der Waals surface area contributed by atoms with E-state index in [0.29, 0.717) is 5.25 Å². The average molecular weight is 339 g/mol. The molecule has 124 valence electrons. The standard InChI is InChI=1S/C19H21N3OS/c1-13(2)24-19-21-20-18(15-7-11-17(23-4)12-8-15)22(19)16-9-5-14(3)6-10-16/h5-13H,1-4H3. The van der Waals surface area contributed by atoms with Gasteiger partial charge in [-0.25, -0.2) is 0 Å². The second kappa shape index (κ2) is 7.09. The van der Waals surface area contributed by atoms with E-state index < -0.39 is 0 Å². The van der Waals surface area contributed by atoms with Gasteiger partial charge in [0.1, 0.15) is 5.75 Å². The van der Waals surface area contributed by atoms with Crippen molar-refractivity contribution in [3.63, 3.8) is 0 Å². The molecular formula is C19H21N3OS. The highest BCUT2D eigenvalue weighted by Crippen LogP contribution is 2.30. The molecule has 0 aliphatic heterocycles. The summed E-state index contributed by atoms with van der Waals surface area (Å²) in [4.78, 5) is 0. The van der Waals surface area contributed by atoms with Gasteiger partial charge in [-0.15, -0.1) is 10.2 Å². The first kappa shape index (κ1) is 16.6. The lowest BCUT2D eigenvalue weighted by Gasteiger charge is -2.12. The molecule has 0 radical (unpaired) electrons. The Morgan fingerprint density at radius 1 is 0.958 bits per heavy atom.